The quantitative estimate of drug-likeness (QED) is 0.307. The molecule has 1 amide bonds. The average molecular weight is 573 g/mol. The molecule has 39 heavy (non-hydrogen) atoms. The van der Waals surface area contributed by atoms with E-state index in [1.165, 1.54) is 45.4 Å². The molecule has 1 unspecified atom stereocenters. The van der Waals surface area contributed by atoms with E-state index in [1.54, 1.807) is 0 Å². The lowest BCUT2D eigenvalue weighted by molar-refractivity contribution is -0.265. The monoisotopic (exact) mass is 572 g/mol. The fraction of sp³-hybridized carbons (Fsp3) is 0.308. The van der Waals surface area contributed by atoms with Crippen LogP contribution in [0.15, 0.2) is 48.5 Å². The van der Waals surface area contributed by atoms with E-state index in [0.29, 0.717) is 0 Å². The van der Waals surface area contributed by atoms with E-state index in [0.717, 1.165) is 24.3 Å². The van der Waals surface area contributed by atoms with Crippen LogP contribution in [-0.2, 0) is 5.60 Å². The number of pyridine rings is 1. The van der Waals surface area contributed by atoms with Crippen molar-refractivity contribution in [1.29, 1.82) is 0 Å². The summed E-state index contributed by atoms with van der Waals surface area (Å²) in [6.07, 6.45) is -6.04. The highest BCUT2D eigenvalue weighted by Crippen LogP contribution is 2.40. The van der Waals surface area contributed by atoms with Crippen LogP contribution in [0.4, 0.5) is 17.6 Å². The van der Waals surface area contributed by atoms with Gasteiger partial charge in [-0.05, 0) is 55.5 Å². The first kappa shape index (κ1) is 29.9. The zero-order valence-corrected chi connectivity index (χ0v) is 21.7. The molecule has 3 aromatic rings. The van der Waals surface area contributed by atoms with Crippen LogP contribution in [0.25, 0.3) is 11.3 Å². The number of hydrogen-bond acceptors (Lipinski definition) is 7. The molecular formula is C26H25ClF4N2O6. The van der Waals surface area contributed by atoms with Crippen molar-refractivity contribution < 1.29 is 46.8 Å². The summed E-state index contributed by atoms with van der Waals surface area (Å²) in [7, 11) is 2.56. The second kappa shape index (κ2) is 12.1. The molecule has 0 radical (unpaired) electrons. The highest BCUT2D eigenvalue weighted by molar-refractivity contribution is 6.31. The summed E-state index contributed by atoms with van der Waals surface area (Å²) in [6.45, 7) is 0.161. The zero-order valence-electron chi connectivity index (χ0n) is 21.0. The lowest BCUT2D eigenvalue weighted by atomic mass is 9.96. The van der Waals surface area contributed by atoms with Crippen molar-refractivity contribution in [2.45, 2.75) is 24.8 Å². The summed E-state index contributed by atoms with van der Waals surface area (Å²) >= 11 is 5.82. The van der Waals surface area contributed by atoms with Gasteiger partial charge >= 0.3 is 6.18 Å². The van der Waals surface area contributed by atoms with E-state index in [4.69, 9.17) is 25.8 Å². The maximum absolute atomic E-state index is 14.2. The second-order valence-electron chi connectivity index (χ2n) is 8.44. The third-order valence-corrected chi connectivity index (χ3v) is 5.86. The molecule has 210 valence electrons. The molecule has 0 aliphatic carbocycles. The molecule has 8 nitrogen and oxygen atoms in total. The van der Waals surface area contributed by atoms with Crippen LogP contribution in [0.5, 0.6) is 17.2 Å². The number of rotatable bonds is 10. The molecule has 0 saturated carbocycles. The molecule has 1 aromatic heterocycles. The van der Waals surface area contributed by atoms with E-state index in [-0.39, 0.29) is 45.7 Å². The molecule has 0 aliphatic heterocycles. The summed E-state index contributed by atoms with van der Waals surface area (Å²) in [6, 6.07) is 9.35. The van der Waals surface area contributed by atoms with Crippen molar-refractivity contribution in [1.82, 2.24) is 10.3 Å². The van der Waals surface area contributed by atoms with Gasteiger partial charge in [0.2, 0.25) is 5.60 Å². The Balaban J connectivity index is 1.93. The minimum absolute atomic E-state index is 0.0416. The van der Waals surface area contributed by atoms with Crippen molar-refractivity contribution in [2.24, 2.45) is 0 Å². The Morgan fingerprint density at radius 2 is 1.72 bits per heavy atom. The number of halogens is 5. The van der Waals surface area contributed by atoms with Gasteiger partial charge in [0.25, 0.3) is 5.91 Å². The number of methoxy groups -OCH3 is 2. The van der Waals surface area contributed by atoms with Crippen LogP contribution in [0.2, 0.25) is 5.02 Å². The Morgan fingerprint density at radius 1 is 1.05 bits per heavy atom. The molecule has 0 saturated heterocycles. The van der Waals surface area contributed by atoms with Crippen LogP contribution >= 0.6 is 11.6 Å². The lowest BCUT2D eigenvalue weighted by Crippen LogP contribution is -2.51. The molecular weight excluding hydrogens is 548 g/mol. The van der Waals surface area contributed by atoms with Gasteiger partial charge in [0.05, 0.1) is 37.6 Å². The topological polar surface area (TPSA) is 110 Å². The Morgan fingerprint density at radius 3 is 2.31 bits per heavy atom. The summed E-state index contributed by atoms with van der Waals surface area (Å²) in [4.78, 5) is 16.7. The van der Waals surface area contributed by atoms with Crippen LogP contribution < -0.4 is 19.5 Å². The Hall–Kier alpha value is -3.61. The number of amides is 1. The van der Waals surface area contributed by atoms with Crippen LogP contribution in [-0.4, -0.2) is 60.8 Å². The van der Waals surface area contributed by atoms with E-state index < -0.39 is 41.8 Å². The van der Waals surface area contributed by atoms with Gasteiger partial charge in [-0.25, -0.2) is 9.37 Å². The summed E-state index contributed by atoms with van der Waals surface area (Å²) in [5.74, 6) is -1.34. The highest BCUT2D eigenvalue weighted by Gasteiger charge is 2.56. The van der Waals surface area contributed by atoms with Crippen molar-refractivity contribution in [2.75, 3.05) is 27.4 Å². The smallest absolute Gasteiger partial charge is 0.424 e. The van der Waals surface area contributed by atoms with Gasteiger partial charge < -0.3 is 29.7 Å². The zero-order chi connectivity index (χ0) is 29.0. The number of carbonyl (C=O) groups excluding carboxylic acids is 1. The molecule has 3 rings (SSSR count). The number of benzene rings is 2. The standard InChI is InChI=1S/C26H25ClF4N2O6/c1-14(34)12-39-19-7-5-16(11-21(19)38-3)24(35)32-13-25(36,26(29,30)31)22-9-8-20(37-2)23(33-22)15-4-6-18(28)17(27)10-15/h4-11,14,34,36H,12-13H2,1-3H3,(H,32,35)/t14-,25?/m1/s1. The SMILES string of the molecule is COc1cc(C(=O)NCC(O)(c2ccc(OC)c(-c3ccc(F)c(Cl)c3)n2)C(F)(F)F)ccc1OC[C@@H](C)O. The van der Waals surface area contributed by atoms with E-state index in [9.17, 15) is 32.6 Å². The Labute approximate surface area is 226 Å². The fourth-order valence-electron chi connectivity index (χ4n) is 3.48. The minimum Gasteiger partial charge on any atom is -0.494 e. The van der Waals surface area contributed by atoms with Crippen molar-refractivity contribution in [3.8, 4) is 28.5 Å². The Kier molecular flexibility index (Phi) is 9.26. The number of aliphatic hydroxyl groups is 2. The molecule has 1 heterocycles. The van der Waals surface area contributed by atoms with Crippen LogP contribution in [0.1, 0.15) is 23.0 Å². The van der Waals surface area contributed by atoms with E-state index in [2.05, 4.69) is 10.3 Å². The van der Waals surface area contributed by atoms with Crippen LogP contribution in [0.3, 0.4) is 0 Å². The van der Waals surface area contributed by atoms with Gasteiger partial charge in [-0.2, -0.15) is 13.2 Å². The lowest BCUT2D eigenvalue weighted by Gasteiger charge is -2.30. The molecule has 3 N–H and O–H groups in total. The fourth-order valence-corrected chi connectivity index (χ4v) is 3.66. The number of nitrogens with zero attached hydrogens (tertiary/aromatic N) is 1. The van der Waals surface area contributed by atoms with Gasteiger partial charge in [-0.15, -0.1) is 0 Å². The van der Waals surface area contributed by atoms with Crippen LogP contribution in [0, 0.1) is 5.82 Å². The minimum atomic E-state index is -5.27. The first-order valence-corrected chi connectivity index (χ1v) is 11.8. The molecule has 2 atom stereocenters. The largest absolute Gasteiger partial charge is 0.494 e. The normalized spacial score (nSPS) is 13.8. The van der Waals surface area contributed by atoms with Gasteiger partial charge in [0, 0.05) is 11.1 Å². The van der Waals surface area contributed by atoms with Gasteiger partial charge in [0.15, 0.2) is 11.5 Å². The van der Waals surface area contributed by atoms with Crippen molar-refractivity contribution in [3.63, 3.8) is 0 Å². The summed E-state index contributed by atoms with van der Waals surface area (Å²) < 4.78 is 71.9. The third-order valence-electron chi connectivity index (χ3n) is 5.57. The predicted molar refractivity (Wildman–Crippen MR) is 134 cm³/mol. The molecule has 0 aliphatic rings. The number of nitrogens with one attached hydrogen (secondary N) is 1. The first-order valence-electron chi connectivity index (χ1n) is 11.4. The number of ether oxygens (including phenoxy) is 3. The number of carbonyl (C=O) groups is 1. The number of aromatic nitrogens is 1. The number of alkyl halides is 3. The second-order valence-corrected chi connectivity index (χ2v) is 8.85. The molecule has 0 bridgehead atoms. The molecule has 0 fully saturated rings. The average Bonchev–Trinajstić information content (AvgIpc) is 2.90. The maximum Gasteiger partial charge on any atom is 0.424 e. The van der Waals surface area contributed by atoms with Gasteiger partial charge in [0.1, 0.15) is 23.9 Å². The molecule has 13 heteroatoms. The number of hydrogen-bond donors (Lipinski definition) is 3. The predicted octanol–water partition coefficient (Wildman–Crippen LogP) is 4.50. The summed E-state index contributed by atoms with van der Waals surface area (Å²) in [5.41, 5.74) is -4.53. The molecule has 0 spiro atoms. The first-order chi connectivity index (χ1) is 18.3. The van der Waals surface area contributed by atoms with Crippen molar-refractivity contribution in [3.05, 3.63) is 70.6 Å². The van der Waals surface area contributed by atoms with Gasteiger partial charge in [-0.1, -0.05) is 11.6 Å². The maximum atomic E-state index is 14.2. The van der Waals surface area contributed by atoms with Gasteiger partial charge in [-0.3, -0.25) is 4.79 Å². The van der Waals surface area contributed by atoms with E-state index in [1.807, 2.05) is 0 Å². The summed E-state index contributed by atoms with van der Waals surface area (Å²) in [5, 5.41) is 22.0. The van der Waals surface area contributed by atoms with E-state index >= 15 is 0 Å². The third kappa shape index (κ3) is 6.70. The highest BCUT2D eigenvalue weighted by atomic mass is 35.5. The number of aliphatic hydroxyl groups excluding tert-OH is 1. The Bertz CT molecular complexity index is 1340. The van der Waals surface area contributed by atoms with Crippen molar-refractivity contribution >= 4 is 17.5 Å². The molecule has 2 aromatic carbocycles.